The maximum absolute atomic E-state index is 13.7. The minimum Gasteiger partial charge on any atom is -0.493 e. The van der Waals surface area contributed by atoms with E-state index >= 15 is 0 Å². The van der Waals surface area contributed by atoms with Gasteiger partial charge in [0.15, 0.2) is 11.5 Å². The highest BCUT2D eigenvalue weighted by atomic mass is 16.5. The van der Waals surface area contributed by atoms with Gasteiger partial charge in [0.25, 0.3) is 5.91 Å². The van der Waals surface area contributed by atoms with Gasteiger partial charge < -0.3 is 29.2 Å². The summed E-state index contributed by atoms with van der Waals surface area (Å²) in [6, 6.07) is 24.3. The van der Waals surface area contributed by atoms with Gasteiger partial charge >= 0.3 is 0 Å². The lowest BCUT2D eigenvalue weighted by Gasteiger charge is -2.31. The van der Waals surface area contributed by atoms with Crippen LogP contribution < -0.4 is 14.8 Å². The van der Waals surface area contributed by atoms with Crippen molar-refractivity contribution in [3.63, 3.8) is 0 Å². The molecular formula is C33H42N2O5. The summed E-state index contributed by atoms with van der Waals surface area (Å²) in [5.74, 6) is 1.33. The zero-order valence-electron chi connectivity index (χ0n) is 24.1. The van der Waals surface area contributed by atoms with E-state index in [1.165, 1.54) is 11.1 Å². The molecule has 214 valence electrons. The first-order valence-electron chi connectivity index (χ1n) is 14.1. The monoisotopic (exact) mass is 546 g/mol. The van der Waals surface area contributed by atoms with Crippen LogP contribution in [0.2, 0.25) is 0 Å². The highest BCUT2D eigenvalue weighted by molar-refractivity contribution is 5.95. The van der Waals surface area contributed by atoms with E-state index in [9.17, 15) is 4.79 Å². The third-order valence-electron chi connectivity index (χ3n) is 7.25. The Balaban J connectivity index is 1.41. The van der Waals surface area contributed by atoms with Crippen molar-refractivity contribution in [3.05, 3.63) is 83.9 Å². The first kappa shape index (κ1) is 29.6. The van der Waals surface area contributed by atoms with Crippen molar-refractivity contribution >= 4 is 5.91 Å². The molecule has 1 N–H and O–H groups in total. The van der Waals surface area contributed by atoms with Crippen LogP contribution in [0.3, 0.4) is 0 Å². The minimum absolute atomic E-state index is 0.0185. The van der Waals surface area contributed by atoms with E-state index < -0.39 is 0 Å². The molecular weight excluding hydrogens is 504 g/mol. The Hall–Kier alpha value is -3.39. The predicted octanol–water partition coefficient (Wildman–Crippen LogP) is 5.43. The number of amides is 1. The zero-order valence-corrected chi connectivity index (χ0v) is 24.1. The molecule has 40 heavy (non-hydrogen) atoms. The maximum Gasteiger partial charge on any atom is 0.254 e. The summed E-state index contributed by atoms with van der Waals surface area (Å²) in [4.78, 5) is 15.6. The normalized spacial score (nSPS) is 16.7. The second-order valence-corrected chi connectivity index (χ2v) is 10.4. The van der Waals surface area contributed by atoms with Crippen molar-refractivity contribution in [2.75, 3.05) is 47.1 Å². The van der Waals surface area contributed by atoms with Crippen LogP contribution in [0.4, 0.5) is 0 Å². The van der Waals surface area contributed by atoms with Gasteiger partial charge in [-0.05, 0) is 54.8 Å². The largest absolute Gasteiger partial charge is 0.493 e. The molecule has 2 atom stereocenters. The van der Waals surface area contributed by atoms with Crippen LogP contribution in [0.25, 0.3) is 11.1 Å². The average molecular weight is 547 g/mol. The van der Waals surface area contributed by atoms with Gasteiger partial charge in [0.1, 0.15) is 0 Å². The van der Waals surface area contributed by atoms with Crippen LogP contribution in [-0.4, -0.2) is 70.0 Å². The number of carbonyl (C=O) groups excluding carboxylic acids is 1. The summed E-state index contributed by atoms with van der Waals surface area (Å²) < 4.78 is 22.9. The van der Waals surface area contributed by atoms with Gasteiger partial charge in [0.05, 0.1) is 26.4 Å². The molecule has 7 nitrogen and oxygen atoms in total. The van der Waals surface area contributed by atoms with Gasteiger partial charge in [-0.2, -0.15) is 0 Å². The van der Waals surface area contributed by atoms with Gasteiger partial charge in [-0.25, -0.2) is 0 Å². The summed E-state index contributed by atoms with van der Waals surface area (Å²) in [5.41, 5.74) is 4.09. The number of hydrogen-bond donors (Lipinski definition) is 1. The van der Waals surface area contributed by atoms with Crippen LogP contribution in [-0.2, 0) is 16.1 Å². The Morgan fingerprint density at radius 3 is 2.48 bits per heavy atom. The van der Waals surface area contributed by atoms with Gasteiger partial charge in [-0.1, -0.05) is 48.5 Å². The predicted molar refractivity (Wildman–Crippen MR) is 158 cm³/mol. The molecule has 1 aliphatic heterocycles. The summed E-state index contributed by atoms with van der Waals surface area (Å²) in [6.45, 7) is 7.91. The SMILES string of the molecule is COCCCOc1cc(C(=O)N(CC2CNCC2OCc2cccc(-c3ccccc3)c2)C(C)C)ccc1OC. The summed E-state index contributed by atoms with van der Waals surface area (Å²) in [5, 5.41) is 3.47. The molecule has 1 saturated heterocycles. The van der Waals surface area contributed by atoms with E-state index in [0.29, 0.717) is 43.4 Å². The van der Waals surface area contributed by atoms with Crippen LogP contribution >= 0.6 is 0 Å². The number of nitrogens with zero attached hydrogens (tertiary/aromatic N) is 1. The molecule has 0 radical (unpaired) electrons. The molecule has 0 spiro atoms. The lowest BCUT2D eigenvalue weighted by atomic mass is 10.0. The van der Waals surface area contributed by atoms with Crippen LogP contribution in [0.15, 0.2) is 72.8 Å². The van der Waals surface area contributed by atoms with E-state index in [1.54, 1.807) is 32.4 Å². The highest BCUT2D eigenvalue weighted by Gasteiger charge is 2.32. The summed E-state index contributed by atoms with van der Waals surface area (Å²) >= 11 is 0. The van der Waals surface area contributed by atoms with Gasteiger partial charge in [0, 0.05) is 57.3 Å². The fourth-order valence-corrected chi connectivity index (χ4v) is 5.02. The van der Waals surface area contributed by atoms with Crippen molar-refractivity contribution in [2.24, 2.45) is 5.92 Å². The molecule has 1 fully saturated rings. The van der Waals surface area contributed by atoms with Crippen LogP contribution in [0.1, 0.15) is 36.2 Å². The average Bonchev–Trinajstić information content (AvgIpc) is 3.44. The Bertz CT molecular complexity index is 1220. The topological polar surface area (TPSA) is 69.3 Å². The van der Waals surface area contributed by atoms with E-state index in [1.807, 2.05) is 11.0 Å². The van der Waals surface area contributed by atoms with Crippen LogP contribution in [0, 0.1) is 5.92 Å². The third kappa shape index (κ3) is 7.84. The summed E-state index contributed by atoms with van der Waals surface area (Å²) in [7, 11) is 3.27. The number of hydrogen-bond acceptors (Lipinski definition) is 6. The van der Waals surface area contributed by atoms with E-state index in [0.717, 1.165) is 25.1 Å². The Labute approximate surface area is 238 Å². The second kappa shape index (κ2) is 14.8. The smallest absolute Gasteiger partial charge is 0.254 e. The second-order valence-electron chi connectivity index (χ2n) is 10.4. The lowest BCUT2D eigenvalue weighted by molar-refractivity contribution is 0.0129. The number of nitrogens with one attached hydrogen (secondary N) is 1. The van der Waals surface area contributed by atoms with Crippen molar-refractivity contribution in [3.8, 4) is 22.6 Å². The van der Waals surface area contributed by atoms with Crippen LogP contribution in [0.5, 0.6) is 11.5 Å². The molecule has 4 rings (SSSR count). The molecule has 0 aromatic heterocycles. The maximum atomic E-state index is 13.7. The van der Waals surface area contributed by atoms with Crippen molar-refractivity contribution in [2.45, 2.75) is 39.0 Å². The van der Waals surface area contributed by atoms with Crippen molar-refractivity contribution in [1.29, 1.82) is 0 Å². The number of rotatable bonds is 14. The first-order valence-corrected chi connectivity index (χ1v) is 14.1. The number of carbonyl (C=O) groups is 1. The molecule has 7 heteroatoms. The number of ether oxygens (including phenoxy) is 4. The lowest BCUT2D eigenvalue weighted by Crippen LogP contribution is -2.43. The fourth-order valence-electron chi connectivity index (χ4n) is 5.02. The van der Waals surface area contributed by atoms with Gasteiger partial charge in [-0.3, -0.25) is 4.79 Å². The third-order valence-corrected chi connectivity index (χ3v) is 7.25. The van der Waals surface area contributed by atoms with Crippen molar-refractivity contribution < 1.29 is 23.7 Å². The van der Waals surface area contributed by atoms with Gasteiger partial charge in [-0.15, -0.1) is 0 Å². The first-order chi connectivity index (χ1) is 19.5. The zero-order chi connectivity index (χ0) is 28.3. The molecule has 0 bridgehead atoms. The standard InChI is InChI=1S/C33H42N2O5/c1-24(2)35(33(36)28-14-15-30(38-4)31(19-28)39-17-9-16-37-3)22-29-20-34-21-32(29)40-23-25-10-8-13-27(18-25)26-11-6-5-7-12-26/h5-8,10-15,18-19,24,29,32,34H,9,16-17,20-23H2,1-4H3. The van der Waals surface area contributed by atoms with E-state index in [4.69, 9.17) is 18.9 Å². The quantitative estimate of drug-likeness (QED) is 0.272. The number of methoxy groups -OCH3 is 2. The minimum atomic E-state index is -0.0272. The molecule has 3 aromatic rings. The Morgan fingerprint density at radius 1 is 0.925 bits per heavy atom. The van der Waals surface area contributed by atoms with E-state index in [2.05, 4.69) is 67.7 Å². The molecule has 1 aliphatic rings. The molecule has 2 unspecified atom stereocenters. The fraction of sp³-hybridized carbons (Fsp3) is 0.424. The van der Waals surface area contributed by atoms with Crippen molar-refractivity contribution in [1.82, 2.24) is 10.2 Å². The molecule has 1 heterocycles. The van der Waals surface area contributed by atoms with E-state index in [-0.39, 0.29) is 24.0 Å². The molecule has 0 aliphatic carbocycles. The summed E-state index contributed by atoms with van der Waals surface area (Å²) in [6.07, 6.45) is 0.771. The highest BCUT2D eigenvalue weighted by Crippen LogP contribution is 2.30. The molecule has 1 amide bonds. The Morgan fingerprint density at radius 2 is 1.73 bits per heavy atom. The number of benzene rings is 3. The molecule has 0 saturated carbocycles. The Kier molecular flexibility index (Phi) is 11.0. The van der Waals surface area contributed by atoms with Gasteiger partial charge in [0.2, 0.25) is 0 Å². The molecule has 3 aromatic carbocycles.